The molecule has 0 amide bonds. The highest BCUT2D eigenvalue weighted by Crippen LogP contribution is 2.45. The molecule has 0 unspecified atom stereocenters. The molecule has 3 fully saturated rings. The van der Waals surface area contributed by atoms with Crippen molar-refractivity contribution in [2.75, 3.05) is 0 Å². The lowest BCUT2D eigenvalue weighted by molar-refractivity contribution is 0.156. The number of hydrogen-bond donors (Lipinski definition) is 0. The van der Waals surface area contributed by atoms with Crippen molar-refractivity contribution >= 4 is 0 Å². The Morgan fingerprint density at radius 2 is 1.46 bits per heavy atom. The highest BCUT2D eigenvalue weighted by atomic mass is 19.2. The second-order valence-electron chi connectivity index (χ2n) is 12.2. The van der Waals surface area contributed by atoms with Crippen molar-refractivity contribution in [3.05, 3.63) is 59.7 Å². The van der Waals surface area contributed by atoms with Gasteiger partial charge < -0.3 is 0 Å². The van der Waals surface area contributed by atoms with Gasteiger partial charge in [0.05, 0.1) is 0 Å². The van der Waals surface area contributed by atoms with Crippen molar-refractivity contribution in [2.24, 2.45) is 29.6 Å². The van der Waals surface area contributed by atoms with Gasteiger partial charge in [-0.2, -0.15) is 0 Å². The van der Waals surface area contributed by atoms with Crippen molar-refractivity contribution in [1.82, 2.24) is 0 Å². The molecular weight excluding hydrogens is 434 g/mol. The first-order valence-electron chi connectivity index (χ1n) is 14.8. The van der Waals surface area contributed by atoms with Crippen molar-refractivity contribution in [1.29, 1.82) is 0 Å². The zero-order chi connectivity index (χ0) is 24.6. The molecule has 2 heteroatoms. The lowest BCUT2D eigenvalue weighted by Gasteiger charge is -2.38. The summed E-state index contributed by atoms with van der Waals surface area (Å²) >= 11 is 0. The number of aryl methyl sites for hydroxylation is 1. The van der Waals surface area contributed by atoms with Crippen LogP contribution in [0.5, 0.6) is 0 Å². The van der Waals surface area contributed by atoms with E-state index < -0.39 is 11.6 Å². The zero-order valence-electron chi connectivity index (χ0n) is 22.1. The van der Waals surface area contributed by atoms with E-state index in [0.29, 0.717) is 23.5 Å². The number of halogens is 2. The molecule has 0 N–H and O–H groups in total. The average Bonchev–Trinajstić information content (AvgIpc) is 2.89. The molecule has 1 aromatic rings. The van der Waals surface area contributed by atoms with E-state index in [0.717, 1.165) is 49.4 Å². The van der Waals surface area contributed by atoms with Gasteiger partial charge in [0, 0.05) is 0 Å². The van der Waals surface area contributed by atoms with Crippen LogP contribution < -0.4 is 0 Å². The quantitative estimate of drug-likeness (QED) is 0.307. The van der Waals surface area contributed by atoms with Crippen molar-refractivity contribution < 1.29 is 8.78 Å². The molecule has 0 nitrogen and oxygen atoms in total. The Morgan fingerprint density at radius 1 is 0.800 bits per heavy atom. The van der Waals surface area contributed by atoms with Crippen LogP contribution in [0.2, 0.25) is 0 Å². The van der Waals surface area contributed by atoms with Gasteiger partial charge in [0.1, 0.15) is 0 Å². The third kappa shape index (κ3) is 7.30. The van der Waals surface area contributed by atoms with Gasteiger partial charge in [0.25, 0.3) is 0 Å². The molecule has 3 aliphatic carbocycles. The number of rotatable bonds is 9. The molecule has 0 aliphatic heterocycles. The van der Waals surface area contributed by atoms with Crippen LogP contribution in [0, 0.1) is 41.2 Å². The third-order valence-electron chi connectivity index (χ3n) is 9.79. The Bertz CT molecular complexity index is 816. The molecule has 0 bridgehead atoms. The Hall–Kier alpha value is -1.44. The van der Waals surface area contributed by atoms with Gasteiger partial charge in [-0.15, -0.1) is 6.58 Å². The van der Waals surface area contributed by atoms with Crippen molar-refractivity contribution in [3.63, 3.8) is 0 Å². The minimum absolute atomic E-state index is 0.187. The molecule has 3 aliphatic rings. The summed E-state index contributed by atoms with van der Waals surface area (Å²) in [5.41, 5.74) is 1.17. The molecule has 0 saturated heterocycles. The minimum atomic E-state index is -0.595. The normalized spacial score (nSPS) is 32.1. The van der Waals surface area contributed by atoms with E-state index in [1.165, 1.54) is 70.6 Å². The van der Waals surface area contributed by atoms with Crippen LogP contribution in [-0.2, 0) is 6.42 Å². The maximum Gasteiger partial charge on any atom is 0.162 e. The molecule has 0 spiro atoms. The minimum Gasteiger partial charge on any atom is -0.203 e. The van der Waals surface area contributed by atoms with Crippen LogP contribution in [0.15, 0.2) is 36.9 Å². The lowest BCUT2D eigenvalue weighted by atomic mass is 9.68. The summed E-state index contributed by atoms with van der Waals surface area (Å²) in [6.07, 6.45) is 25.4. The fourth-order valence-corrected chi connectivity index (χ4v) is 7.32. The Balaban J connectivity index is 1.23. The van der Waals surface area contributed by atoms with E-state index >= 15 is 4.39 Å². The molecule has 0 radical (unpaired) electrons. The van der Waals surface area contributed by atoms with E-state index in [9.17, 15) is 4.39 Å². The van der Waals surface area contributed by atoms with Crippen LogP contribution >= 0.6 is 0 Å². The van der Waals surface area contributed by atoms with Crippen molar-refractivity contribution in [3.8, 4) is 0 Å². The summed E-state index contributed by atoms with van der Waals surface area (Å²) < 4.78 is 30.0. The van der Waals surface area contributed by atoms with Crippen LogP contribution in [-0.4, -0.2) is 0 Å². The molecule has 3 saturated carbocycles. The Morgan fingerprint density at radius 3 is 2.11 bits per heavy atom. The number of benzene rings is 1. The van der Waals surface area contributed by atoms with Gasteiger partial charge in [-0.05, 0) is 124 Å². The Labute approximate surface area is 213 Å². The summed E-state index contributed by atoms with van der Waals surface area (Å²) in [6.45, 7) is 6.20. The maximum atomic E-state index is 15.1. The van der Waals surface area contributed by atoms with E-state index in [2.05, 4.69) is 31.7 Å². The van der Waals surface area contributed by atoms with E-state index in [1.807, 2.05) is 12.1 Å². The fourth-order valence-electron chi connectivity index (χ4n) is 7.32. The summed E-state index contributed by atoms with van der Waals surface area (Å²) in [5, 5.41) is 0. The zero-order valence-corrected chi connectivity index (χ0v) is 22.1. The largest absolute Gasteiger partial charge is 0.203 e. The monoisotopic (exact) mass is 482 g/mol. The predicted octanol–water partition coefficient (Wildman–Crippen LogP) is 10.3. The van der Waals surface area contributed by atoms with E-state index in [1.54, 1.807) is 0 Å². The molecule has 0 atom stereocenters. The maximum absolute atomic E-state index is 15.1. The fraction of sp³-hybridized carbons (Fsp3) is 0.697. The van der Waals surface area contributed by atoms with Gasteiger partial charge in [0.15, 0.2) is 11.6 Å². The highest BCUT2D eigenvalue weighted by molar-refractivity contribution is 5.30. The summed E-state index contributed by atoms with van der Waals surface area (Å²) in [5.74, 6) is 3.09. The van der Waals surface area contributed by atoms with Gasteiger partial charge in [-0.1, -0.05) is 63.0 Å². The van der Waals surface area contributed by atoms with Crippen molar-refractivity contribution in [2.45, 2.75) is 116 Å². The standard InChI is InChI=1S/C33H48F2/c1-3-4-7-25-14-16-27(17-15-25)28-18-20-29(21-19-28)31-23-22-30(32(34)33(31)35)9-6-5-8-26-12-10-24(2)11-13-26/h3,5,8,22-29H,1,4,6-7,9-21H2,2H3/b8-5+. The SMILES string of the molecule is C=CCCC1CCC(C2CCC(c3ccc(CC/C=C/C4CCC(C)CC4)c(F)c3F)CC2)CC1. The number of hydrogen-bond acceptors (Lipinski definition) is 0. The second kappa shape index (κ2) is 13.2. The first-order valence-corrected chi connectivity index (χ1v) is 14.8. The van der Waals surface area contributed by atoms with Gasteiger partial charge in [-0.3, -0.25) is 0 Å². The van der Waals surface area contributed by atoms with Crippen LogP contribution in [0.3, 0.4) is 0 Å². The Kier molecular flexibility index (Phi) is 10.0. The van der Waals surface area contributed by atoms with Crippen LogP contribution in [0.1, 0.15) is 120 Å². The smallest absolute Gasteiger partial charge is 0.162 e. The van der Waals surface area contributed by atoms with Gasteiger partial charge in [-0.25, -0.2) is 8.78 Å². The highest BCUT2D eigenvalue weighted by Gasteiger charge is 2.32. The first kappa shape index (κ1) is 26.6. The molecule has 0 heterocycles. The van der Waals surface area contributed by atoms with Crippen LogP contribution in [0.4, 0.5) is 8.78 Å². The van der Waals surface area contributed by atoms with Gasteiger partial charge in [0.2, 0.25) is 0 Å². The first-order chi connectivity index (χ1) is 17.0. The lowest BCUT2D eigenvalue weighted by Crippen LogP contribution is -2.25. The van der Waals surface area contributed by atoms with E-state index in [-0.39, 0.29) is 5.92 Å². The second-order valence-corrected chi connectivity index (χ2v) is 12.2. The molecular formula is C33H48F2. The predicted molar refractivity (Wildman–Crippen MR) is 145 cm³/mol. The van der Waals surface area contributed by atoms with Crippen LogP contribution in [0.25, 0.3) is 0 Å². The molecule has 4 rings (SSSR count). The third-order valence-corrected chi connectivity index (χ3v) is 9.79. The van der Waals surface area contributed by atoms with E-state index in [4.69, 9.17) is 0 Å². The summed E-state index contributed by atoms with van der Waals surface area (Å²) in [6, 6.07) is 3.76. The molecule has 0 aromatic heterocycles. The average molecular weight is 483 g/mol. The molecule has 194 valence electrons. The molecule has 1 aromatic carbocycles. The topological polar surface area (TPSA) is 0 Å². The van der Waals surface area contributed by atoms with Gasteiger partial charge >= 0.3 is 0 Å². The summed E-state index contributed by atoms with van der Waals surface area (Å²) in [4.78, 5) is 0. The number of allylic oxidation sites excluding steroid dienone is 3. The summed E-state index contributed by atoms with van der Waals surface area (Å²) in [7, 11) is 0. The molecule has 35 heavy (non-hydrogen) atoms.